The van der Waals surface area contributed by atoms with E-state index in [2.05, 4.69) is 21.0 Å². The average Bonchev–Trinajstić information content (AvgIpc) is 3.51. The van der Waals surface area contributed by atoms with Gasteiger partial charge in [0.05, 0.1) is 40.0 Å². The van der Waals surface area contributed by atoms with Crippen molar-refractivity contribution in [3.63, 3.8) is 0 Å². The number of nitriles is 1. The first kappa shape index (κ1) is 21.6. The Morgan fingerprint density at radius 2 is 1.91 bits per heavy atom. The maximum Gasteiger partial charge on any atom is 0.262 e. The molecular formula is C25H19N5O3S. The molecule has 0 radical (unpaired) electrons. The number of nitrogens with one attached hydrogen (secondary N) is 1. The van der Waals surface area contributed by atoms with Gasteiger partial charge in [0.25, 0.3) is 5.56 Å². The summed E-state index contributed by atoms with van der Waals surface area (Å²) in [4.78, 5) is 25.4. The fourth-order valence-electron chi connectivity index (χ4n) is 3.66. The molecule has 0 aliphatic rings. The zero-order chi connectivity index (χ0) is 23.7. The molecule has 1 unspecified atom stereocenters. The van der Waals surface area contributed by atoms with Crippen molar-refractivity contribution in [2.45, 2.75) is 23.9 Å². The molecule has 0 saturated carbocycles. The molecule has 168 valence electrons. The van der Waals surface area contributed by atoms with Gasteiger partial charge in [-0.25, -0.2) is 9.97 Å². The summed E-state index contributed by atoms with van der Waals surface area (Å²) in [6.45, 7) is 1.94. The largest absolute Gasteiger partial charge is 0.510 e. The Morgan fingerprint density at radius 1 is 1.15 bits per heavy atom. The van der Waals surface area contributed by atoms with Gasteiger partial charge in [-0.05, 0) is 43.3 Å². The first-order valence-corrected chi connectivity index (χ1v) is 11.4. The van der Waals surface area contributed by atoms with Gasteiger partial charge in [-0.3, -0.25) is 9.36 Å². The van der Waals surface area contributed by atoms with Gasteiger partial charge in [0.1, 0.15) is 23.2 Å². The Hall–Kier alpha value is -4.29. The van der Waals surface area contributed by atoms with Crippen LogP contribution in [0.25, 0.3) is 27.5 Å². The zero-order valence-corrected chi connectivity index (χ0v) is 18.9. The molecule has 8 nitrogen and oxygen atoms in total. The normalized spacial score (nSPS) is 13.1. The van der Waals surface area contributed by atoms with E-state index in [0.717, 1.165) is 5.52 Å². The summed E-state index contributed by atoms with van der Waals surface area (Å²) in [7, 11) is 0. The van der Waals surface area contributed by atoms with Crippen LogP contribution in [0.3, 0.4) is 0 Å². The van der Waals surface area contributed by atoms with Crippen LogP contribution < -0.4 is 5.56 Å². The molecule has 0 spiro atoms. The lowest BCUT2D eigenvalue weighted by molar-refractivity contribution is 0.401. The Morgan fingerprint density at radius 3 is 2.65 bits per heavy atom. The Bertz CT molecular complexity index is 1590. The van der Waals surface area contributed by atoms with Crippen LogP contribution in [-0.4, -0.2) is 29.9 Å². The van der Waals surface area contributed by atoms with E-state index in [1.807, 2.05) is 30.3 Å². The Labute approximate surface area is 198 Å². The van der Waals surface area contributed by atoms with Crippen molar-refractivity contribution < 1.29 is 9.52 Å². The zero-order valence-electron chi connectivity index (χ0n) is 18.1. The third kappa shape index (κ3) is 3.95. The molecule has 3 aromatic heterocycles. The van der Waals surface area contributed by atoms with Crippen LogP contribution >= 0.6 is 11.8 Å². The first-order valence-electron chi connectivity index (χ1n) is 10.5. The molecule has 0 amide bonds. The minimum absolute atomic E-state index is 0.0388. The number of hydrogen-bond acceptors (Lipinski definition) is 7. The smallest absolute Gasteiger partial charge is 0.262 e. The maximum absolute atomic E-state index is 13.3. The molecule has 1 atom stereocenters. The number of nitrogens with zero attached hydrogens (tertiary/aromatic N) is 4. The summed E-state index contributed by atoms with van der Waals surface area (Å²) in [5.41, 5.74) is 1.85. The Balaban J connectivity index is 1.56. The summed E-state index contributed by atoms with van der Waals surface area (Å²) in [5.74, 6) is 0.736. The molecule has 0 bridgehead atoms. The van der Waals surface area contributed by atoms with Crippen LogP contribution in [0.2, 0.25) is 0 Å². The fraction of sp³-hybridized carbons (Fsp3) is 0.120. The molecule has 0 saturated heterocycles. The second kappa shape index (κ2) is 8.92. The number of allylic oxidation sites excluding steroid dienone is 1. The molecule has 3 heterocycles. The topological polar surface area (TPSA) is 121 Å². The maximum atomic E-state index is 13.3. The highest BCUT2D eigenvalue weighted by molar-refractivity contribution is 7.99. The number of aromatic nitrogens is 4. The highest BCUT2D eigenvalue weighted by Crippen LogP contribution is 2.30. The quantitative estimate of drug-likeness (QED) is 0.157. The molecule has 0 aliphatic carbocycles. The number of imidazole rings is 1. The van der Waals surface area contributed by atoms with E-state index in [0.29, 0.717) is 27.3 Å². The molecule has 0 aliphatic heterocycles. The molecular weight excluding hydrogens is 450 g/mol. The second-order valence-electron chi connectivity index (χ2n) is 7.62. The number of aliphatic hydroxyl groups excluding tert-OH is 1. The van der Waals surface area contributed by atoms with E-state index in [1.165, 1.54) is 16.3 Å². The van der Waals surface area contributed by atoms with Gasteiger partial charge in [-0.2, -0.15) is 5.26 Å². The van der Waals surface area contributed by atoms with Crippen LogP contribution in [0.15, 0.2) is 87.1 Å². The van der Waals surface area contributed by atoms with Gasteiger partial charge < -0.3 is 14.5 Å². The SMILES string of the molecule is CC(Sc1nc2ccccc2c(=O)n1Cc1ccco1)/C(O)=C(\C#N)c1nc2ccccc2[nH]1. The van der Waals surface area contributed by atoms with Crippen molar-refractivity contribution in [2.75, 3.05) is 0 Å². The lowest BCUT2D eigenvalue weighted by Crippen LogP contribution is -2.24. The number of benzene rings is 2. The lowest BCUT2D eigenvalue weighted by atomic mass is 10.2. The van der Waals surface area contributed by atoms with Gasteiger partial charge in [0, 0.05) is 0 Å². The highest BCUT2D eigenvalue weighted by atomic mass is 32.2. The average molecular weight is 470 g/mol. The van der Waals surface area contributed by atoms with Gasteiger partial charge in [0.15, 0.2) is 11.0 Å². The van der Waals surface area contributed by atoms with Gasteiger partial charge in [-0.1, -0.05) is 36.0 Å². The molecule has 2 N–H and O–H groups in total. The summed E-state index contributed by atoms with van der Waals surface area (Å²) >= 11 is 1.18. The van der Waals surface area contributed by atoms with E-state index in [-0.39, 0.29) is 29.3 Å². The number of hydrogen-bond donors (Lipinski definition) is 2. The van der Waals surface area contributed by atoms with Crippen molar-refractivity contribution in [3.05, 3.63) is 94.6 Å². The number of furan rings is 1. The van der Waals surface area contributed by atoms with E-state index in [1.54, 1.807) is 43.5 Å². The number of rotatable bonds is 6. The molecule has 34 heavy (non-hydrogen) atoms. The molecule has 5 rings (SSSR count). The second-order valence-corrected chi connectivity index (χ2v) is 8.92. The number of thioether (sulfide) groups is 1. The predicted molar refractivity (Wildman–Crippen MR) is 130 cm³/mol. The summed E-state index contributed by atoms with van der Waals surface area (Å²) < 4.78 is 6.96. The van der Waals surface area contributed by atoms with Crippen molar-refractivity contribution in [1.29, 1.82) is 5.26 Å². The number of aliphatic hydroxyl groups is 1. The number of aromatic amines is 1. The van der Waals surface area contributed by atoms with Crippen LogP contribution in [0.1, 0.15) is 18.5 Å². The van der Waals surface area contributed by atoms with Crippen LogP contribution in [-0.2, 0) is 6.54 Å². The Kier molecular flexibility index (Phi) is 5.65. The highest BCUT2D eigenvalue weighted by Gasteiger charge is 2.22. The number of H-pyrrole nitrogens is 1. The summed E-state index contributed by atoms with van der Waals surface area (Å²) in [6.07, 6.45) is 1.55. The van der Waals surface area contributed by atoms with Crippen molar-refractivity contribution >= 4 is 39.3 Å². The van der Waals surface area contributed by atoms with Crippen LogP contribution in [0, 0.1) is 11.3 Å². The van der Waals surface area contributed by atoms with E-state index < -0.39 is 5.25 Å². The summed E-state index contributed by atoms with van der Waals surface area (Å²) in [5, 5.41) is 21.1. The van der Waals surface area contributed by atoms with Crippen LogP contribution in [0.5, 0.6) is 0 Å². The lowest BCUT2D eigenvalue weighted by Gasteiger charge is -2.16. The third-order valence-electron chi connectivity index (χ3n) is 5.38. The van der Waals surface area contributed by atoms with E-state index in [9.17, 15) is 15.2 Å². The number of fused-ring (bicyclic) bond motifs is 2. The summed E-state index contributed by atoms with van der Waals surface area (Å²) in [6, 6.07) is 20.1. The monoisotopic (exact) mass is 469 g/mol. The molecule has 0 fully saturated rings. The van der Waals surface area contributed by atoms with Gasteiger partial charge in [0.2, 0.25) is 0 Å². The third-order valence-corrected chi connectivity index (χ3v) is 6.48. The predicted octanol–water partition coefficient (Wildman–Crippen LogP) is 4.89. The van der Waals surface area contributed by atoms with Crippen molar-refractivity contribution in [3.8, 4) is 6.07 Å². The van der Waals surface area contributed by atoms with Crippen molar-refractivity contribution in [2.24, 2.45) is 0 Å². The van der Waals surface area contributed by atoms with Gasteiger partial charge >= 0.3 is 0 Å². The first-order chi connectivity index (χ1) is 16.5. The number of para-hydroxylation sites is 3. The molecule has 9 heteroatoms. The standard InChI is InChI=1S/C25H19N5O3S/c1-15(22(31)18(13-26)23-27-20-10-4-5-11-21(20)28-23)34-25-29-19-9-3-2-8-17(19)24(32)30(25)14-16-7-6-12-33-16/h2-12,15,31H,14H2,1H3,(H,27,28)/b22-18-. The van der Waals surface area contributed by atoms with Gasteiger partial charge in [-0.15, -0.1) is 0 Å². The minimum Gasteiger partial charge on any atom is -0.510 e. The molecule has 5 aromatic rings. The van der Waals surface area contributed by atoms with Crippen LogP contribution in [0.4, 0.5) is 0 Å². The minimum atomic E-state index is -0.584. The van der Waals surface area contributed by atoms with E-state index in [4.69, 9.17) is 4.42 Å². The fourth-order valence-corrected chi connectivity index (χ4v) is 4.63. The van der Waals surface area contributed by atoms with E-state index >= 15 is 0 Å². The van der Waals surface area contributed by atoms with Crippen molar-refractivity contribution in [1.82, 2.24) is 19.5 Å². The molecule has 2 aromatic carbocycles.